The zero-order chi connectivity index (χ0) is 23.6. The summed E-state index contributed by atoms with van der Waals surface area (Å²) in [4.78, 5) is 27.9. The summed E-state index contributed by atoms with van der Waals surface area (Å²) in [5.74, 6) is 0.280. The maximum Gasteiger partial charge on any atom is 0.242 e. The fourth-order valence-corrected chi connectivity index (χ4v) is 4.60. The molecular formula is C27H29FN2O2S. The molecule has 0 aliphatic heterocycles. The molecule has 6 heteroatoms. The number of carbonyl (C=O) groups excluding carboxylic acids is 2. The molecular weight excluding hydrogens is 435 g/mol. The van der Waals surface area contributed by atoms with Gasteiger partial charge in [0.1, 0.15) is 11.9 Å². The number of hydrogen-bond donors (Lipinski definition) is 1. The first-order chi connectivity index (χ1) is 16.0. The summed E-state index contributed by atoms with van der Waals surface area (Å²) in [6.45, 7) is 2.29. The number of hydrogen-bond acceptors (Lipinski definition) is 3. The molecule has 0 aliphatic rings. The van der Waals surface area contributed by atoms with E-state index in [1.807, 2.05) is 42.5 Å². The fraction of sp³-hybridized carbons (Fsp3) is 0.259. The van der Waals surface area contributed by atoms with Crippen LogP contribution in [0.3, 0.4) is 0 Å². The highest BCUT2D eigenvalue weighted by Gasteiger charge is 2.29. The molecule has 2 amide bonds. The van der Waals surface area contributed by atoms with E-state index in [1.54, 1.807) is 24.1 Å². The van der Waals surface area contributed by atoms with Gasteiger partial charge in [-0.2, -0.15) is 0 Å². The molecule has 33 heavy (non-hydrogen) atoms. The van der Waals surface area contributed by atoms with E-state index in [4.69, 9.17) is 0 Å². The van der Waals surface area contributed by atoms with Gasteiger partial charge in [-0.15, -0.1) is 11.8 Å². The zero-order valence-corrected chi connectivity index (χ0v) is 19.8. The van der Waals surface area contributed by atoms with Crippen molar-refractivity contribution in [1.82, 2.24) is 10.2 Å². The second-order valence-corrected chi connectivity index (χ2v) is 8.87. The van der Waals surface area contributed by atoms with Crippen LogP contribution in [-0.4, -0.2) is 35.6 Å². The van der Waals surface area contributed by atoms with Crippen LogP contribution in [0.2, 0.25) is 0 Å². The summed E-state index contributed by atoms with van der Waals surface area (Å²) in [6, 6.07) is 23.1. The van der Waals surface area contributed by atoms with Crippen LogP contribution in [-0.2, 0) is 28.3 Å². The Hall–Kier alpha value is -3.12. The van der Waals surface area contributed by atoms with Crippen LogP contribution < -0.4 is 5.32 Å². The lowest BCUT2D eigenvalue weighted by molar-refractivity contribution is -0.139. The monoisotopic (exact) mass is 464 g/mol. The van der Waals surface area contributed by atoms with E-state index in [1.165, 1.54) is 35.0 Å². The normalized spacial score (nSPS) is 11.6. The predicted octanol–water partition coefficient (Wildman–Crippen LogP) is 4.75. The van der Waals surface area contributed by atoms with Gasteiger partial charge in [0.2, 0.25) is 11.8 Å². The summed E-state index contributed by atoms with van der Waals surface area (Å²) in [5.41, 5.74) is 4.12. The second-order valence-electron chi connectivity index (χ2n) is 7.89. The largest absolute Gasteiger partial charge is 0.357 e. The van der Waals surface area contributed by atoms with Crippen LogP contribution >= 0.6 is 11.8 Å². The van der Waals surface area contributed by atoms with E-state index in [0.717, 1.165) is 11.1 Å². The molecule has 0 unspecified atom stereocenters. The number of aryl methyl sites for hydroxylation is 1. The third-order valence-electron chi connectivity index (χ3n) is 5.53. The van der Waals surface area contributed by atoms with E-state index >= 15 is 0 Å². The number of halogens is 1. The number of nitrogens with one attached hydrogen (secondary N) is 1. The molecule has 0 saturated heterocycles. The van der Waals surface area contributed by atoms with Gasteiger partial charge in [0, 0.05) is 25.8 Å². The highest BCUT2D eigenvalue weighted by molar-refractivity contribution is 7.99. The number of benzene rings is 3. The van der Waals surface area contributed by atoms with Crippen molar-refractivity contribution < 1.29 is 14.0 Å². The van der Waals surface area contributed by atoms with Crippen LogP contribution in [0, 0.1) is 12.7 Å². The molecule has 0 bridgehead atoms. The van der Waals surface area contributed by atoms with Gasteiger partial charge in [-0.05, 0) is 41.3 Å². The Morgan fingerprint density at radius 2 is 1.61 bits per heavy atom. The standard InChI is InChI=1S/C27H29FN2O2S/c1-20-8-6-7-11-23(20)18-33-19-26(31)30(17-22-12-14-24(28)15-13-22)25(27(32)29-2)16-21-9-4-3-5-10-21/h3-15,25H,16-19H2,1-2H3,(H,29,32)/t25-/m0/s1. The summed E-state index contributed by atoms with van der Waals surface area (Å²) in [6.07, 6.45) is 0.399. The lowest BCUT2D eigenvalue weighted by Crippen LogP contribution is -2.50. The summed E-state index contributed by atoms with van der Waals surface area (Å²) in [7, 11) is 1.58. The fourth-order valence-electron chi connectivity index (χ4n) is 3.61. The minimum Gasteiger partial charge on any atom is -0.357 e. The SMILES string of the molecule is CNC(=O)[C@H](Cc1ccccc1)N(Cc1ccc(F)cc1)C(=O)CSCc1ccccc1C. The van der Waals surface area contributed by atoms with Crippen molar-refractivity contribution in [2.24, 2.45) is 0 Å². The number of carbonyl (C=O) groups is 2. The number of nitrogens with zero attached hydrogens (tertiary/aromatic N) is 1. The Morgan fingerprint density at radius 1 is 0.939 bits per heavy atom. The lowest BCUT2D eigenvalue weighted by Gasteiger charge is -2.31. The number of rotatable bonds is 10. The van der Waals surface area contributed by atoms with E-state index in [9.17, 15) is 14.0 Å². The molecule has 172 valence electrons. The van der Waals surface area contributed by atoms with Gasteiger partial charge in [-0.1, -0.05) is 66.7 Å². The highest BCUT2D eigenvalue weighted by atomic mass is 32.2. The van der Waals surface area contributed by atoms with Crippen molar-refractivity contribution in [3.63, 3.8) is 0 Å². The van der Waals surface area contributed by atoms with Crippen molar-refractivity contribution in [1.29, 1.82) is 0 Å². The van der Waals surface area contributed by atoms with E-state index in [-0.39, 0.29) is 29.9 Å². The quantitative estimate of drug-likeness (QED) is 0.471. The predicted molar refractivity (Wildman–Crippen MR) is 132 cm³/mol. The van der Waals surface area contributed by atoms with Gasteiger partial charge < -0.3 is 10.2 Å². The molecule has 4 nitrogen and oxygen atoms in total. The number of amides is 2. The first-order valence-corrected chi connectivity index (χ1v) is 12.0. The van der Waals surface area contributed by atoms with Gasteiger partial charge in [0.25, 0.3) is 0 Å². The molecule has 0 spiro atoms. The van der Waals surface area contributed by atoms with Crippen LogP contribution in [0.15, 0.2) is 78.9 Å². The van der Waals surface area contributed by atoms with Crippen LogP contribution in [0.4, 0.5) is 4.39 Å². The van der Waals surface area contributed by atoms with E-state index < -0.39 is 6.04 Å². The summed E-state index contributed by atoms with van der Waals surface area (Å²) in [5, 5.41) is 2.71. The Labute approximate surface area is 199 Å². The highest BCUT2D eigenvalue weighted by Crippen LogP contribution is 2.20. The Balaban J connectivity index is 1.80. The maximum atomic E-state index is 13.4. The molecule has 3 aromatic carbocycles. The van der Waals surface area contributed by atoms with Crippen LogP contribution in [0.5, 0.6) is 0 Å². The molecule has 0 aromatic heterocycles. The molecule has 1 N–H and O–H groups in total. The maximum absolute atomic E-state index is 13.4. The zero-order valence-electron chi connectivity index (χ0n) is 19.0. The number of likely N-dealkylation sites (N-methyl/N-ethyl adjacent to an activating group) is 1. The Bertz CT molecular complexity index is 1060. The first kappa shape index (κ1) is 24.5. The summed E-state index contributed by atoms with van der Waals surface area (Å²) < 4.78 is 13.4. The average molecular weight is 465 g/mol. The minimum atomic E-state index is -0.672. The Kier molecular flexibility index (Phi) is 9.07. The minimum absolute atomic E-state index is 0.123. The smallest absolute Gasteiger partial charge is 0.242 e. The van der Waals surface area contributed by atoms with Crippen molar-refractivity contribution in [3.05, 3.63) is 107 Å². The molecule has 0 radical (unpaired) electrons. The molecule has 0 heterocycles. The van der Waals surface area contributed by atoms with E-state index in [0.29, 0.717) is 12.2 Å². The molecule has 1 atom stereocenters. The van der Waals surface area contributed by atoms with Gasteiger partial charge in [0.15, 0.2) is 0 Å². The molecule has 0 fully saturated rings. The molecule has 0 saturated carbocycles. The Morgan fingerprint density at radius 3 is 2.27 bits per heavy atom. The van der Waals surface area contributed by atoms with Gasteiger partial charge in [0.05, 0.1) is 5.75 Å². The van der Waals surface area contributed by atoms with Gasteiger partial charge in [-0.25, -0.2) is 4.39 Å². The van der Waals surface area contributed by atoms with Crippen molar-refractivity contribution >= 4 is 23.6 Å². The van der Waals surface area contributed by atoms with Crippen molar-refractivity contribution in [2.45, 2.75) is 31.7 Å². The third-order valence-corrected chi connectivity index (χ3v) is 6.49. The van der Waals surface area contributed by atoms with Gasteiger partial charge in [-0.3, -0.25) is 9.59 Å². The third kappa shape index (κ3) is 7.19. The molecule has 3 aromatic rings. The van der Waals surface area contributed by atoms with Crippen molar-refractivity contribution in [3.8, 4) is 0 Å². The second kappa shape index (κ2) is 12.2. The van der Waals surface area contributed by atoms with Crippen LogP contribution in [0.25, 0.3) is 0 Å². The van der Waals surface area contributed by atoms with E-state index in [2.05, 4.69) is 24.4 Å². The number of thioether (sulfide) groups is 1. The first-order valence-electron chi connectivity index (χ1n) is 10.9. The molecule has 0 aliphatic carbocycles. The van der Waals surface area contributed by atoms with Crippen LogP contribution in [0.1, 0.15) is 22.3 Å². The topological polar surface area (TPSA) is 49.4 Å². The average Bonchev–Trinajstić information content (AvgIpc) is 2.83. The lowest BCUT2D eigenvalue weighted by atomic mass is 10.0. The van der Waals surface area contributed by atoms with Gasteiger partial charge >= 0.3 is 0 Å². The molecule has 3 rings (SSSR count). The summed E-state index contributed by atoms with van der Waals surface area (Å²) >= 11 is 1.53. The van der Waals surface area contributed by atoms with Crippen molar-refractivity contribution in [2.75, 3.05) is 12.8 Å².